The number of hydrogen-bond donors (Lipinski definition) is 2. The molecule has 9 heteroatoms. The number of fused-ring (bicyclic) bond motifs is 1. The maximum Gasteiger partial charge on any atom is 0.217 e. The molecule has 0 aliphatic carbocycles. The molecule has 1 fully saturated rings. The highest BCUT2D eigenvalue weighted by Gasteiger charge is 2.25. The highest BCUT2D eigenvalue weighted by Crippen LogP contribution is 2.29. The molecular weight excluding hydrogens is 402 g/mol. The van der Waals surface area contributed by atoms with Gasteiger partial charge < -0.3 is 15.5 Å². The Labute approximate surface area is 178 Å². The number of carbonyl (C=O) groups excluding carboxylic acids is 1. The largest absolute Gasteiger partial charge is 0.363 e. The monoisotopic (exact) mass is 426 g/mol. The van der Waals surface area contributed by atoms with Gasteiger partial charge in [0.25, 0.3) is 0 Å². The van der Waals surface area contributed by atoms with Gasteiger partial charge in [0, 0.05) is 37.0 Å². The van der Waals surface area contributed by atoms with Gasteiger partial charge in [-0.25, -0.2) is 23.7 Å². The summed E-state index contributed by atoms with van der Waals surface area (Å²) in [7, 11) is 0. The Morgan fingerprint density at radius 2 is 2.10 bits per heavy atom. The van der Waals surface area contributed by atoms with Crippen molar-refractivity contribution in [1.82, 2.24) is 20.3 Å². The van der Waals surface area contributed by atoms with E-state index in [1.807, 2.05) is 6.07 Å². The van der Waals surface area contributed by atoms with Crippen LogP contribution >= 0.6 is 0 Å². The van der Waals surface area contributed by atoms with E-state index in [0.29, 0.717) is 23.7 Å². The summed E-state index contributed by atoms with van der Waals surface area (Å²) in [6, 6.07) is 5.58. The molecule has 0 unspecified atom stereocenters. The van der Waals surface area contributed by atoms with Gasteiger partial charge in [0.15, 0.2) is 11.6 Å². The van der Waals surface area contributed by atoms with Crippen LogP contribution in [0.3, 0.4) is 0 Å². The molecule has 7 nitrogen and oxygen atoms in total. The number of nitrogens with zero attached hydrogens (tertiary/aromatic N) is 4. The SMILES string of the molecule is CC(=O)N[C@@H]1CCN(c2cc3c(N[C@H](C)c4cccc(F)c4F)nc(C)nc3cn2)C1. The predicted octanol–water partition coefficient (Wildman–Crippen LogP) is 3.50. The second kappa shape index (κ2) is 8.41. The van der Waals surface area contributed by atoms with E-state index in [2.05, 4.69) is 30.5 Å². The standard InChI is InChI=1S/C22H24F2N6O/c1-12(16-5-4-6-18(23)21(16)24)26-22-17-9-20(25-10-19(17)27-13(2)28-22)30-8-7-15(11-30)29-14(3)31/h4-6,9-10,12,15H,7-8,11H2,1-3H3,(H,29,31)(H,26,27,28)/t12-,15-/m1/s1. The number of nitrogens with one attached hydrogen (secondary N) is 2. The number of carbonyl (C=O) groups is 1. The number of pyridine rings is 1. The minimum atomic E-state index is -0.885. The van der Waals surface area contributed by atoms with Crippen LogP contribution in [-0.2, 0) is 4.79 Å². The summed E-state index contributed by atoms with van der Waals surface area (Å²) in [5.74, 6) is 0.0149. The van der Waals surface area contributed by atoms with Crippen molar-refractivity contribution in [3.05, 3.63) is 53.5 Å². The summed E-state index contributed by atoms with van der Waals surface area (Å²) < 4.78 is 27.9. The highest BCUT2D eigenvalue weighted by molar-refractivity contribution is 5.90. The van der Waals surface area contributed by atoms with Crippen LogP contribution in [0.5, 0.6) is 0 Å². The quantitative estimate of drug-likeness (QED) is 0.650. The van der Waals surface area contributed by atoms with Gasteiger partial charge in [-0.2, -0.15) is 0 Å². The van der Waals surface area contributed by atoms with Crippen molar-refractivity contribution in [1.29, 1.82) is 0 Å². The minimum Gasteiger partial charge on any atom is -0.363 e. The molecule has 1 saturated heterocycles. The van der Waals surface area contributed by atoms with Crippen LogP contribution in [0, 0.1) is 18.6 Å². The molecule has 0 radical (unpaired) electrons. The first kappa shape index (κ1) is 20.9. The zero-order chi connectivity index (χ0) is 22.1. The van der Waals surface area contributed by atoms with Crippen LogP contribution < -0.4 is 15.5 Å². The Morgan fingerprint density at radius 3 is 2.87 bits per heavy atom. The molecule has 1 aliphatic heterocycles. The maximum absolute atomic E-state index is 14.2. The minimum absolute atomic E-state index is 0.0488. The van der Waals surface area contributed by atoms with Crippen LogP contribution in [0.4, 0.5) is 20.4 Å². The molecule has 1 aromatic carbocycles. The number of aryl methyl sites for hydroxylation is 1. The normalized spacial score (nSPS) is 17.1. The average molecular weight is 426 g/mol. The molecule has 2 aromatic heterocycles. The predicted molar refractivity (Wildman–Crippen MR) is 115 cm³/mol. The van der Waals surface area contributed by atoms with E-state index in [0.717, 1.165) is 30.2 Å². The summed E-state index contributed by atoms with van der Waals surface area (Å²) in [4.78, 5) is 26.9. The van der Waals surface area contributed by atoms with Gasteiger partial charge in [-0.05, 0) is 32.4 Å². The van der Waals surface area contributed by atoms with Crippen LogP contribution in [0.25, 0.3) is 10.9 Å². The van der Waals surface area contributed by atoms with E-state index >= 15 is 0 Å². The van der Waals surface area contributed by atoms with Crippen LogP contribution in [0.1, 0.15) is 37.7 Å². The van der Waals surface area contributed by atoms with Crippen molar-refractivity contribution in [3.8, 4) is 0 Å². The van der Waals surface area contributed by atoms with Gasteiger partial charge in [0.1, 0.15) is 17.5 Å². The molecule has 4 rings (SSSR count). The lowest BCUT2D eigenvalue weighted by Crippen LogP contribution is -2.35. The molecule has 3 heterocycles. The Kier molecular flexibility index (Phi) is 5.67. The zero-order valence-corrected chi connectivity index (χ0v) is 17.6. The molecule has 2 N–H and O–H groups in total. The smallest absolute Gasteiger partial charge is 0.217 e. The number of benzene rings is 1. The molecular formula is C22H24F2N6O. The molecule has 0 bridgehead atoms. The number of rotatable bonds is 5. The number of hydrogen-bond acceptors (Lipinski definition) is 6. The van der Waals surface area contributed by atoms with Gasteiger partial charge in [-0.3, -0.25) is 4.79 Å². The van der Waals surface area contributed by atoms with E-state index in [4.69, 9.17) is 0 Å². The van der Waals surface area contributed by atoms with Crippen molar-refractivity contribution < 1.29 is 13.6 Å². The molecule has 1 amide bonds. The molecule has 3 aromatic rings. The Bertz CT molecular complexity index is 1140. The fourth-order valence-electron chi connectivity index (χ4n) is 3.93. The fourth-order valence-corrected chi connectivity index (χ4v) is 3.93. The first-order chi connectivity index (χ1) is 14.8. The van der Waals surface area contributed by atoms with Crippen molar-refractivity contribution in [2.75, 3.05) is 23.3 Å². The summed E-state index contributed by atoms with van der Waals surface area (Å²) in [5.41, 5.74) is 0.875. The van der Waals surface area contributed by atoms with Crippen molar-refractivity contribution in [2.45, 2.75) is 39.3 Å². The third kappa shape index (κ3) is 4.40. The van der Waals surface area contributed by atoms with Gasteiger partial charge >= 0.3 is 0 Å². The Balaban J connectivity index is 1.65. The molecule has 0 saturated carbocycles. The van der Waals surface area contributed by atoms with E-state index in [1.54, 1.807) is 26.1 Å². The Hall–Kier alpha value is -3.36. The van der Waals surface area contributed by atoms with Gasteiger partial charge in [0.05, 0.1) is 17.8 Å². The number of aromatic nitrogens is 3. The number of halogens is 2. The third-order valence-electron chi connectivity index (χ3n) is 5.40. The van der Waals surface area contributed by atoms with Crippen LogP contribution in [0.2, 0.25) is 0 Å². The van der Waals surface area contributed by atoms with E-state index in [-0.39, 0.29) is 17.5 Å². The zero-order valence-electron chi connectivity index (χ0n) is 17.6. The van der Waals surface area contributed by atoms with Crippen LogP contribution in [-0.4, -0.2) is 40.0 Å². The average Bonchev–Trinajstić information content (AvgIpc) is 3.17. The first-order valence-electron chi connectivity index (χ1n) is 10.2. The molecule has 162 valence electrons. The van der Waals surface area contributed by atoms with Gasteiger partial charge in [-0.1, -0.05) is 12.1 Å². The summed E-state index contributed by atoms with van der Waals surface area (Å²) in [6.45, 7) is 6.46. The summed E-state index contributed by atoms with van der Waals surface area (Å²) in [6.07, 6.45) is 2.52. The molecule has 0 spiro atoms. The van der Waals surface area contributed by atoms with Crippen LogP contribution in [0.15, 0.2) is 30.5 Å². The molecule has 31 heavy (non-hydrogen) atoms. The summed E-state index contributed by atoms with van der Waals surface area (Å²) in [5, 5.41) is 6.88. The maximum atomic E-state index is 14.2. The second-order valence-corrected chi connectivity index (χ2v) is 7.82. The molecule has 2 atom stereocenters. The first-order valence-corrected chi connectivity index (χ1v) is 10.2. The van der Waals surface area contributed by atoms with Gasteiger partial charge in [0.2, 0.25) is 5.91 Å². The van der Waals surface area contributed by atoms with E-state index in [1.165, 1.54) is 13.0 Å². The van der Waals surface area contributed by atoms with Crippen molar-refractivity contribution >= 4 is 28.4 Å². The molecule has 1 aliphatic rings. The lowest BCUT2D eigenvalue weighted by Gasteiger charge is -2.20. The fraction of sp³-hybridized carbons (Fsp3) is 0.364. The van der Waals surface area contributed by atoms with E-state index in [9.17, 15) is 13.6 Å². The van der Waals surface area contributed by atoms with E-state index < -0.39 is 17.7 Å². The highest BCUT2D eigenvalue weighted by atomic mass is 19.2. The summed E-state index contributed by atoms with van der Waals surface area (Å²) >= 11 is 0. The number of amides is 1. The topological polar surface area (TPSA) is 83.0 Å². The van der Waals surface area contributed by atoms with Gasteiger partial charge in [-0.15, -0.1) is 0 Å². The lowest BCUT2D eigenvalue weighted by molar-refractivity contribution is -0.119. The lowest BCUT2D eigenvalue weighted by atomic mass is 10.1. The van der Waals surface area contributed by atoms with Crippen molar-refractivity contribution in [3.63, 3.8) is 0 Å². The Morgan fingerprint density at radius 1 is 1.29 bits per heavy atom. The number of anilines is 2. The second-order valence-electron chi connectivity index (χ2n) is 7.82. The van der Waals surface area contributed by atoms with Crippen molar-refractivity contribution in [2.24, 2.45) is 0 Å². The third-order valence-corrected chi connectivity index (χ3v) is 5.40.